The SMILES string of the molecule is O=C(O)c1ccc(C(=O)OC(c2ccc3c(c2)OCO3)c2ccc3c(c2)OCO3)s1. The molecular weight excluding hydrogens is 412 g/mol. The summed E-state index contributed by atoms with van der Waals surface area (Å²) in [5.74, 6) is 0.602. The summed E-state index contributed by atoms with van der Waals surface area (Å²) in [5.41, 5.74) is 1.34. The molecule has 0 bridgehead atoms. The van der Waals surface area contributed by atoms with Crippen molar-refractivity contribution in [1.82, 2.24) is 0 Å². The second-order valence-corrected chi connectivity index (χ2v) is 7.56. The molecule has 3 heterocycles. The van der Waals surface area contributed by atoms with Gasteiger partial charge in [0.25, 0.3) is 0 Å². The van der Waals surface area contributed by atoms with Crippen LogP contribution in [0, 0.1) is 0 Å². The highest BCUT2D eigenvalue weighted by molar-refractivity contribution is 7.15. The molecule has 2 aliphatic heterocycles. The smallest absolute Gasteiger partial charge is 0.349 e. The van der Waals surface area contributed by atoms with Gasteiger partial charge in [-0.1, -0.05) is 12.1 Å². The van der Waals surface area contributed by atoms with Gasteiger partial charge in [0.05, 0.1) is 0 Å². The van der Waals surface area contributed by atoms with E-state index >= 15 is 0 Å². The zero-order chi connectivity index (χ0) is 20.7. The van der Waals surface area contributed by atoms with Gasteiger partial charge >= 0.3 is 11.9 Å². The van der Waals surface area contributed by atoms with E-state index in [1.54, 1.807) is 36.4 Å². The molecule has 5 rings (SSSR count). The van der Waals surface area contributed by atoms with Crippen molar-refractivity contribution in [1.29, 1.82) is 0 Å². The van der Waals surface area contributed by atoms with Crippen LogP contribution >= 0.6 is 11.3 Å². The van der Waals surface area contributed by atoms with Gasteiger partial charge in [-0.2, -0.15) is 0 Å². The molecule has 9 heteroatoms. The minimum Gasteiger partial charge on any atom is -0.477 e. The summed E-state index contributed by atoms with van der Waals surface area (Å²) >= 11 is 0.858. The van der Waals surface area contributed by atoms with E-state index in [2.05, 4.69) is 0 Å². The summed E-state index contributed by atoms with van der Waals surface area (Å²) in [6.07, 6.45) is -0.781. The van der Waals surface area contributed by atoms with Gasteiger partial charge in [-0.3, -0.25) is 0 Å². The fourth-order valence-electron chi connectivity index (χ4n) is 3.21. The number of fused-ring (bicyclic) bond motifs is 2. The van der Waals surface area contributed by atoms with E-state index in [1.165, 1.54) is 12.1 Å². The van der Waals surface area contributed by atoms with E-state index in [0.717, 1.165) is 11.3 Å². The molecule has 8 nitrogen and oxygen atoms in total. The summed E-state index contributed by atoms with van der Waals surface area (Å²) in [7, 11) is 0. The van der Waals surface area contributed by atoms with Crippen molar-refractivity contribution in [3.63, 3.8) is 0 Å². The van der Waals surface area contributed by atoms with Crippen LogP contribution in [-0.4, -0.2) is 30.6 Å². The van der Waals surface area contributed by atoms with Crippen molar-refractivity contribution < 1.29 is 38.4 Å². The lowest BCUT2D eigenvalue weighted by Gasteiger charge is -2.19. The number of hydrogen-bond acceptors (Lipinski definition) is 8. The molecule has 0 radical (unpaired) electrons. The first-order chi connectivity index (χ1) is 14.6. The molecule has 0 amide bonds. The van der Waals surface area contributed by atoms with Gasteiger partial charge in [0, 0.05) is 11.1 Å². The molecule has 2 aliphatic rings. The predicted octanol–water partition coefficient (Wildman–Crippen LogP) is 3.85. The number of aromatic carboxylic acids is 1. The number of benzene rings is 2. The van der Waals surface area contributed by atoms with Crippen LogP contribution in [0.3, 0.4) is 0 Å². The molecule has 152 valence electrons. The Hall–Kier alpha value is -3.72. The number of hydrogen-bond donors (Lipinski definition) is 1. The molecule has 0 unspecified atom stereocenters. The van der Waals surface area contributed by atoms with Crippen LogP contribution in [0.25, 0.3) is 0 Å². The highest BCUT2D eigenvalue weighted by Gasteiger charge is 2.26. The number of thiophene rings is 1. The second kappa shape index (κ2) is 7.27. The van der Waals surface area contributed by atoms with Crippen molar-refractivity contribution in [2.24, 2.45) is 0 Å². The Morgan fingerprint density at radius 2 is 1.33 bits per heavy atom. The fraction of sp³-hybridized carbons (Fsp3) is 0.143. The van der Waals surface area contributed by atoms with Crippen molar-refractivity contribution in [3.8, 4) is 23.0 Å². The maximum atomic E-state index is 12.8. The third-order valence-electron chi connectivity index (χ3n) is 4.64. The van der Waals surface area contributed by atoms with E-state index in [9.17, 15) is 9.59 Å². The number of carboxylic acid groups (broad SMARTS) is 1. The highest BCUT2D eigenvalue weighted by atomic mass is 32.1. The van der Waals surface area contributed by atoms with Gasteiger partial charge in [-0.25, -0.2) is 9.59 Å². The second-order valence-electron chi connectivity index (χ2n) is 6.48. The third kappa shape index (κ3) is 3.29. The number of carbonyl (C=O) groups excluding carboxylic acids is 1. The molecule has 1 N–H and O–H groups in total. The summed E-state index contributed by atoms with van der Waals surface area (Å²) in [6, 6.07) is 13.4. The van der Waals surface area contributed by atoms with E-state index < -0.39 is 18.0 Å². The summed E-state index contributed by atoms with van der Waals surface area (Å²) < 4.78 is 27.4. The first-order valence-corrected chi connectivity index (χ1v) is 9.73. The lowest BCUT2D eigenvalue weighted by Crippen LogP contribution is -2.12. The maximum absolute atomic E-state index is 12.8. The number of ether oxygens (including phenoxy) is 5. The van der Waals surface area contributed by atoms with E-state index in [1.807, 2.05) is 0 Å². The van der Waals surface area contributed by atoms with Gasteiger partial charge in [0.2, 0.25) is 13.6 Å². The molecule has 0 saturated heterocycles. The zero-order valence-electron chi connectivity index (χ0n) is 15.3. The average molecular weight is 426 g/mol. The summed E-state index contributed by atoms with van der Waals surface area (Å²) in [6.45, 7) is 0.251. The number of rotatable bonds is 5. The molecule has 0 fully saturated rings. The van der Waals surface area contributed by atoms with Crippen molar-refractivity contribution in [2.45, 2.75) is 6.10 Å². The monoisotopic (exact) mass is 426 g/mol. The lowest BCUT2D eigenvalue weighted by molar-refractivity contribution is 0.0383. The van der Waals surface area contributed by atoms with Gasteiger partial charge in [0.15, 0.2) is 29.1 Å². The van der Waals surface area contributed by atoms with Crippen LogP contribution in [0.15, 0.2) is 48.5 Å². The molecule has 3 aromatic rings. The van der Waals surface area contributed by atoms with Gasteiger partial charge in [-0.15, -0.1) is 11.3 Å². The molecule has 0 aliphatic carbocycles. The van der Waals surface area contributed by atoms with E-state index in [4.69, 9.17) is 28.8 Å². The topological polar surface area (TPSA) is 101 Å². The quantitative estimate of drug-likeness (QED) is 0.614. The van der Waals surface area contributed by atoms with Crippen LogP contribution in [-0.2, 0) is 4.74 Å². The van der Waals surface area contributed by atoms with Crippen molar-refractivity contribution in [3.05, 3.63) is 69.4 Å². The van der Waals surface area contributed by atoms with E-state index in [0.29, 0.717) is 34.1 Å². The highest BCUT2D eigenvalue weighted by Crippen LogP contribution is 2.40. The summed E-state index contributed by atoms with van der Waals surface area (Å²) in [4.78, 5) is 24.2. The molecule has 0 saturated carbocycles. The number of carbonyl (C=O) groups is 2. The Morgan fingerprint density at radius 1 is 0.800 bits per heavy atom. The normalized spacial score (nSPS) is 13.5. The average Bonchev–Trinajstić information content (AvgIpc) is 3.50. The number of esters is 1. The summed E-state index contributed by atoms with van der Waals surface area (Å²) in [5, 5.41) is 9.10. The van der Waals surface area contributed by atoms with Crippen molar-refractivity contribution in [2.75, 3.05) is 13.6 Å². The van der Waals surface area contributed by atoms with Crippen LogP contribution in [0.1, 0.15) is 36.6 Å². The van der Waals surface area contributed by atoms with E-state index in [-0.39, 0.29) is 23.3 Å². The number of carboxylic acids is 1. The molecule has 2 aromatic carbocycles. The van der Waals surface area contributed by atoms with Crippen LogP contribution in [0.4, 0.5) is 0 Å². The van der Waals surface area contributed by atoms with Gasteiger partial charge in [-0.05, 0) is 36.4 Å². The molecule has 30 heavy (non-hydrogen) atoms. The predicted molar refractivity (Wildman–Crippen MR) is 104 cm³/mol. The molecule has 1 aromatic heterocycles. The Labute approximate surface area is 174 Å². The Kier molecular flexibility index (Phi) is 4.44. The molecular formula is C21H14O8S. The van der Waals surface area contributed by atoms with Gasteiger partial charge < -0.3 is 28.8 Å². The van der Waals surface area contributed by atoms with Crippen LogP contribution in [0.5, 0.6) is 23.0 Å². The van der Waals surface area contributed by atoms with Crippen LogP contribution in [0.2, 0.25) is 0 Å². The maximum Gasteiger partial charge on any atom is 0.349 e. The Bertz CT molecular complexity index is 1090. The minimum absolute atomic E-state index is 0.0599. The third-order valence-corrected chi connectivity index (χ3v) is 5.69. The standard InChI is InChI=1S/C21H14O8S/c22-20(23)17-5-6-18(30-17)21(24)29-19(11-1-3-13-15(7-11)27-9-25-13)12-2-4-14-16(8-12)28-10-26-14/h1-8,19H,9-10H2,(H,22,23). The van der Waals surface area contributed by atoms with Gasteiger partial charge in [0.1, 0.15) is 9.75 Å². The Morgan fingerprint density at radius 3 is 1.87 bits per heavy atom. The largest absolute Gasteiger partial charge is 0.477 e. The Balaban J connectivity index is 1.50. The van der Waals surface area contributed by atoms with Crippen LogP contribution < -0.4 is 18.9 Å². The minimum atomic E-state index is -1.10. The molecule has 0 spiro atoms. The molecule has 0 atom stereocenters. The first kappa shape index (κ1) is 18.3. The first-order valence-electron chi connectivity index (χ1n) is 8.92. The lowest BCUT2D eigenvalue weighted by atomic mass is 10.00. The van der Waals surface area contributed by atoms with Crippen molar-refractivity contribution >= 4 is 23.3 Å². The fourth-order valence-corrected chi connectivity index (χ4v) is 3.94. The zero-order valence-corrected chi connectivity index (χ0v) is 16.1.